The minimum Gasteiger partial charge on any atom is -0.444 e. The third-order valence-corrected chi connectivity index (χ3v) is 5.51. The molecule has 3 aromatic rings. The van der Waals surface area contributed by atoms with E-state index in [1.165, 1.54) is 22.0 Å². The van der Waals surface area contributed by atoms with E-state index in [0.717, 1.165) is 32.4 Å². The highest BCUT2D eigenvalue weighted by molar-refractivity contribution is 5.81. The van der Waals surface area contributed by atoms with E-state index in [4.69, 9.17) is 4.74 Å². The number of nitrogens with zero attached hydrogens (tertiary/aromatic N) is 2. The second-order valence-electron chi connectivity index (χ2n) is 9.00. The summed E-state index contributed by atoms with van der Waals surface area (Å²) < 4.78 is 7.89. The SMILES string of the molecule is CC(C)(C)OC(=O)N1CCCC1Cc1ccc2c(ccn2Cc2ccccc2)c1. The Bertz CT molecular complexity index is 985. The topological polar surface area (TPSA) is 34.5 Å². The number of likely N-dealkylation sites (tertiary alicyclic amines) is 1. The Morgan fingerprint density at radius 2 is 1.86 bits per heavy atom. The number of ether oxygens (including phenoxy) is 1. The van der Waals surface area contributed by atoms with Gasteiger partial charge < -0.3 is 14.2 Å². The van der Waals surface area contributed by atoms with E-state index in [1.807, 2.05) is 31.7 Å². The first-order chi connectivity index (χ1) is 13.9. The summed E-state index contributed by atoms with van der Waals surface area (Å²) in [6.07, 6.45) is 4.92. The first kappa shape index (κ1) is 19.6. The van der Waals surface area contributed by atoms with Crippen molar-refractivity contribution in [1.82, 2.24) is 9.47 Å². The maximum atomic E-state index is 12.6. The molecule has 0 aliphatic carbocycles. The molecule has 0 radical (unpaired) electrons. The molecule has 4 heteroatoms. The molecule has 152 valence electrons. The zero-order chi connectivity index (χ0) is 20.4. The van der Waals surface area contributed by atoms with Crippen LogP contribution in [0.4, 0.5) is 4.79 Å². The first-order valence-corrected chi connectivity index (χ1v) is 10.5. The molecule has 0 bridgehead atoms. The number of benzene rings is 2. The van der Waals surface area contributed by atoms with E-state index in [9.17, 15) is 4.79 Å². The lowest BCUT2D eigenvalue weighted by atomic mass is 10.0. The van der Waals surface area contributed by atoms with Gasteiger partial charge in [-0.15, -0.1) is 0 Å². The van der Waals surface area contributed by atoms with Gasteiger partial charge in [0.2, 0.25) is 0 Å². The number of hydrogen-bond donors (Lipinski definition) is 0. The molecule has 4 nitrogen and oxygen atoms in total. The third kappa shape index (κ3) is 4.64. The molecule has 2 aromatic carbocycles. The zero-order valence-corrected chi connectivity index (χ0v) is 17.6. The van der Waals surface area contributed by atoms with Crippen LogP contribution in [-0.2, 0) is 17.7 Å². The average Bonchev–Trinajstić information content (AvgIpc) is 3.28. The molecule has 1 aromatic heterocycles. The van der Waals surface area contributed by atoms with Crippen molar-refractivity contribution in [2.24, 2.45) is 0 Å². The van der Waals surface area contributed by atoms with E-state index >= 15 is 0 Å². The summed E-state index contributed by atoms with van der Waals surface area (Å²) in [5.74, 6) is 0. The molecule has 1 aliphatic rings. The van der Waals surface area contributed by atoms with Crippen LogP contribution in [0.1, 0.15) is 44.7 Å². The van der Waals surface area contributed by atoms with E-state index < -0.39 is 5.60 Å². The fourth-order valence-electron chi connectivity index (χ4n) is 4.18. The van der Waals surface area contributed by atoms with Gasteiger partial charge in [-0.05, 0) is 74.7 Å². The summed E-state index contributed by atoms with van der Waals surface area (Å²) in [6, 6.07) is 19.6. The van der Waals surface area contributed by atoms with Crippen molar-refractivity contribution in [1.29, 1.82) is 0 Å². The van der Waals surface area contributed by atoms with E-state index in [-0.39, 0.29) is 12.1 Å². The van der Waals surface area contributed by atoms with Crippen LogP contribution in [-0.4, -0.2) is 33.7 Å². The van der Waals surface area contributed by atoms with Gasteiger partial charge in [-0.3, -0.25) is 0 Å². The van der Waals surface area contributed by atoms with Gasteiger partial charge in [0.25, 0.3) is 0 Å². The van der Waals surface area contributed by atoms with Crippen LogP contribution in [0.15, 0.2) is 60.8 Å². The van der Waals surface area contributed by atoms with E-state index in [2.05, 4.69) is 59.3 Å². The zero-order valence-electron chi connectivity index (χ0n) is 17.6. The Morgan fingerprint density at radius 1 is 1.07 bits per heavy atom. The van der Waals surface area contributed by atoms with Gasteiger partial charge in [0.15, 0.2) is 0 Å². The molecule has 0 spiro atoms. The fourth-order valence-corrected chi connectivity index (χ4v) is 4.18. The van der Waals surface area contributed by atoms with Crippen molar-refractivity contribution in [3.8, 4) is 0 Å². The molecule has 2 heterocycles. The highest BCUT2D eigenvalue weighted by Gasteiger charge is 2.32. The molecule has 4 rings (SSSR count). The Morgan fingerprint density at radius 3 is 2.62 bits per heavy atom. The van der Waals surface area contributed by atoms with Gasteiger partial charge in [-0.25, -0.2) is 4.79 Å². The number of amides is 1. The van der Waals surface area contributed by atoms with Gasteiger partial charge in [-0.2, -0.15) is 0 Å². The molecule has 1 atom stereocenters. The minimum absolute atomic E-state index is 0.185. The molecule has 1 unspecified atom stereocenters. The van der Waals surface area contributed by atoms with Crippen molar-refractivity contribution in [2.75, 3.05) is 6.54 Å². The van der Waals surface area contributed by atoms with Gasteiger partial charge >= 0.3 is 6.09 Å². The lowest BCUT2D eigenvalue weighted by molar-refractivity contribution is 0.0227. The Hall–Kier alpha value is -2.75. The summed E-state index contributed by atoms with van der Waals surface area (Å²) in [7, 11) is 0. The van der Waals surface area contributed by atoms with Gasteiger partial charge in [0.1, 0.15) is 5.60 Å². The molecule has 1 saturated heterocycles. The van der Waals surface area contributed by atoms with Crippen molar-refractivity contribution in [2.45, 2.75) is 58.2 Å². The van der Waals surface area contributed by atoms with Gasteiger partial charge in [0, 0.05) is 30.8 Å². The monoisotopic (exact) mass is 390 g/mol. The van der Waals surface area contributed by atoms with Gasteiger partial charge in [-0.1, -0.05) is 36.4 Å². The number of hydrogen-bond acceptors (Lipinski definition) is 2. The maximum absolute atomic E-state index is 12.6. The van der Waals surface area contributed by atoms with E-state index in [0.29, 0.717) is 0 Å². The molecule has 1 amide bonds. The molecule has 1 fully saturated rings. The Kier molecular flexibility index (Phi) is 5.35. The Labute approximate surface area is 173 Å². The summed E-state index contributed by atoms with van der Waals surface area (Å²) in [4.78, 5) is 14.5. The Balaban J connectivity index is 1.48. The van der Waals surface area contributed by atoms with Crippen LogP contribution in [0, 0.1) is 0 Å². The lowest BCUT2D eigenvalue weighted by Crippen LogP contribution is -2.40. The largest absolute Gasteiger partial charge is 0.444 e. The quantitative estimate of drug-likeness (QED) is 0.578. The summed E-state index contributed by atoms with van der Waals surface area (Å²) >= 11 is 0. The van der Waals surface area contributed by atoms with Crippen LogP contribution in [0.25, 0.3) is 10.9 Å². The molecule has 0 N–H and O–H groups in total. The second kappa shape index (κ2) is 7.94. The highest BCUT2D eigenvalue weighted by atomic mass is 16.6. The van der Waals surface area contributed by atoms with Crippen LogP contribution >= 0.6 is 0 Å². The second-order valence-corrected chi connectivity index (χ2v) is 9.00. The van der Waals surface area contributed by atoms with Crippen molar-refractivity contribution in [3.63, 3.8) is 0 Å². The van der Waals surface area contributed by atoms with Crippen molar-refractivity contribution < 1.29 is 9.53 Å². The fraction of sp³-hybridized carbons (Fsp3) is 0.400. The predicted octanol–water partition coefficient (Wildman–Crippen LogP) is 5.63. The van der Waals surface area contributed by atoms with Crippen LogP contribution in [0.2, 0.25) is 0 Å². The van der Waals surface area contributed by atoms with E-state index in [1.54, 1.807) is 0 Å². The number of carbonyl (C=O) groups excluding carboxylic acids is 1. The van der Waals surface area contributed by atoms with Crippen LogP contribution in [0.3, 0.4) is 0 Å². The molecule has 1 aliphatic heterocycles. The first-order valence-electron chi connectivity index (χ1n) is 10.5. The number of aromatic nitrogens is 1. The number of fused-ring (bicyclic) bond motifs is 1. The smallest absolute Gasteiger partial charge is 0.410 e. The number of rotatable bonds is 4. The number of carbonyl (C=O) groups is 1. The molecular formula is C25H30N2O2. The standard InChI is InChI=1S/C25H30N2O2/c1-25(2,3)29-24(28)27-14-7-10-22(27)17-20-11-12-23-21(16-20)13-15-26(23)18-19-8-5-4-6-9-19/h4-6,8-9,11-13,15-16,22H,7,10,14,17-18H2,1-3H3. The highest BCUT2D eigenvalue weighted by Crippen LogP contribution is 2.26. The van der Waals surface area contributed by atoms with Crippen molar-refractivity contribution in [3.05, 3.63) is 71.9 Å². The van der Waals surface area contributed by atoms with Gasteiger partial charge in [0.05, 0.1) is 0 Å². The minimum atomic E-state index is -0.454. The summed E-state index contributed by atoms with van der Waals surface area (Å²) in [6.45, 7) is 7.42. The summed E-state index contributed by atoms with van der Waals surface area (Å²) in [5.41, 5.74) is 3.36. The molecular weight excluding hydrogens is 360 g/mol. The lowest BCUT2D eigenvalue weighted by Gasteiger charge is -2.28. The molecule has 0 saturated carbocycles. The maximum Gasteiger partial charge on any atom is 0.410 e. The van der Waals surface area contributed by atoms with Crippen molar-refractivity contribution >= 4 is 17.0 Å². The van der Waals surface area contributed by atoms with Crippen LogP contribution in [0.5, 0.6) is 0 Å². The third-order valence-electron chi connectivity index (χ3n) is 5.51. The predicted molar refractivity (Wildman–Crippen MR) is 117 cm³/mol. The average molecular weight is 391 g/mol. The normalized spacial score (nSPS) is 17.1. The summed E-state index contributed by atoms with van der Waals surface area (Å²) in [5, 5.41) is 1.25. The van der Waals surface area contributed by atoms with Crippen LogP contribution < -0.4 is 0 Å². The molecule has 29 heavy (non-hydrogen) atoms.